The highest BCUT2D eigenvalue weighted by Gasteiger charge is 2.28. The van der Waals surface area contributed by atoms with E-state index in [0.29, 0.717) is 19.6 Å². The fraction of sp³-hybridized carbons (Fsp3) is 0.562. The summed E-state index contributed by atoms with van der Waals surface area (Å²) in [6, 6.07) is 10.2. The number of likely N-dealkylation sites (tertiary alicyclic amines) is 1. The molecule has 21 heavy (non-hydrogen) atoms. The molecule has 0 aliphatic carbocycles. The van der Waals surface area contributed by atoms with Gasteiger partial charge in [-0.05, 0) is 38.4 Å². The summed E-state index contributed by atoms with van der Waals surface area (Å²) in [5, 5.41) is 13.0. The van der Waals surface area contributed by atoms with E-state index in [1.807, 2.05) is 30.0 Å². The number of rotatable bonds is 6. The zero-order valence-corrected chi connectivity index (χ0v) is 13.4. The van der Waals surface area contributed by atoms with Crippen LogP contribution in [0, 0.1) is 0 Å². The van der Waals surface area contributed by atoms with Gasteiger partial charge in [-0.15, -0.1) is 11.8 Å². The van der Waals surface area contributed by atoms with E-state index in [4.69, 9.17) is 0 Å². The Morgan fingerprint density at radius 1 is 1.43 bits per heavy atom. The molecule has 4 nitrogen and oxygen atoms in total. The van der Waals surface area contributed by atoms with Crippen LogP contribution >= 0.6 is 11.8 Å². The van der Waals surface area contributed by atoms with Gasteiger partial charge < -0.3 is 10.4 Å². The lowest BCUT2D eigenvalue weighted by molar-refractivity contribution is -0.123. The molecule has 116 valence electrons. The van der Waals surface area contributed by atoms with Crippen molar-refractivity contribution in [3.8, 4) is 0 Å². The SMILES string of the molecule is CC1(O)CCCN(CC(=O)NCCSc2ccccc2)C1. The monoisotopic (exact) mass is 308 g/mol. The van der Waals surface area contributed by atoms with Crippen LogP contribution in [0.4, 0.5) is 0 Å². The molecule has 1 fully saturated rings. The van der Waals surface area contributed by atoms with Gasteiger partial charge in [-0.2, -0.15) is 0 Å². The smallest absolute Gasteiger partial charge is 0.234 e. The second-order valence-corrected chi connectivity index (χ2v) is 6.99. The van der Waals surface area contributed by atoms with Crippen molar-refractivity contribution in [1.29, 1.82) is 0 Å². The van der Waals surface area contributed by atoms with E-state index < -0.39 is 5.60 Å². The van der Waals surface area contributed by atoms with E-state index in [2.05, 4.69) is 17.4 Å². The van der Waals surface area contributed by atoms with E-state index in [-0.39, 0.29) is 5.91 Å². The maximum absolute atomic E-state index is 11.9. The lowest BCUT2D eigenvalue weighted by atomic mass is 9.95. The third-order valence-electron chi connectivity index (χ3n) is 3.56. The number of thioether (sulfide) groups is 1. The maximum Gasteiger partial charge on any atom is 0.234 e. The van der Waals surface area contributed by atoms with Crippen LogP contribution in [-0.4, -0.2) is 53.4 Å². The highest BCUT2D eigenvalue weighted by Crippen LogP contribution is 2.19. The first kappa shape index (κ1) is 16.3. The summed E-state index contributed by atoms with van der Waals surface area (Å²) >= 11 is 1.74. The van der Waals surface area contributed by atoms with Crippen LogP contribution in [0.25, 0.3) is 0 Å². The summed E-state index contributed by atoms with van der Waals surface area (Å²) in [5.41, 5.74) is -0.651. The summed E-state index contributed by atoms with van der Waals surface area (Å²) < 4.78 is 0. The number of piperidine rings is 1. The Kier molecular flexibility index (Phi) is 6.08. The molecule has 1 aromatic rings. The molecule has 1 heterocycles. The van der Waals surface area contributed by atoms with Gasteiger partial charge in [0.15, 0.2) is 0 Å². The normalized spacial score (nSPS) is 23.0. The number of benzene rings is 1. The van der Waals surface area contributed by atoms with Gasteiger partial charge in [-0.25, -0.2) is 0 Å². The topological polar surface area (TPSA) is 52.6 Å². The number of nitrogens with zero attached hydrogens (tertiary/aromatic N) is 1. The van der Waals surface area contributed by atoms with Crippen molar-refractivity contribution in [2.24, 2.45) is 0 Å². The highest BCUT2D eigenvalue weighted by molar-refractivity contribution is 7.99. The van der Waals surface area contributed by atoms with Gasteiger partial charge in [0.2, 0.25) is 5.91 Å². The Bertz CT molecular complexity index is 451. The minimum absolute atomic E-state index is 0.0429. The number of amides is 1. The van der Waals surface area contributed by atoms with Crippen LogP contribution in [0.15, 0.2) is 35.2 Å². The van der Waals surface area contributed by atoms with E-state index in [1.165, 1.54) is 4.90 Å². The zero-order chi connectivity index (χ0) is 15.1. The van der Waals surface area contributed by atoms with E-state index in [1.54, 1.807) is 11.8 Å². The van der Waals surface area contributed by atoms with Gasteiger partial charge >= 0.3 is 0 Å². The van der Waals surface area contributed by atoms with E-state index in [9.17, 15) is 9.90 Å². The predicted octanol–water partition coefficient (Wildman–Crippen LogP) is 1.74. The number of aliphatic hydroxyl groups is 1. The van der Waals surface area contributed by atoms with Crippen molar-refractivity contribution in [2.45, 2.75) is 30.3 Å². The number of hydrogen-bond acceptors (Lipinski definition) is 4. The van der Waals surface area contributed by atoms with Gasteiger partial charge in [-0.3, -0.25) is 9.69 Å². The van der Waals surface area contributed by atoms with Crippen molar-refractivity contribution >= 4 is 17.7 Å². The average molecular weight is 308 g/mol. The third-order valence-corrected chi connectivity index (χ3v) is 4.57. The lowest BCUT2D eigenvalue weighted by Crippen LogP contribution is -2.49. The number of carbonyl (C=O) groups is 1. The third kappa shape index (κ3) is 6.08. The Morgan fingerprint density at radius 2 is 2.19 bits per heavy atom. The molecular weight excluding hydrogens is 284 g/mol. The molecule has 2 rings (SSSR count). The molecule has 1 atom stereocenters. The summed E-state index contributed by atoms with van der Waals surface area (Å²) in [6.45, 7) is 4.36. The Morgan fingerprint density at radius 3 is 2.90 bits per heavy atom. The second-order valence-electron chi connectivity index (χ2n) is 5.82. The first-order valence-corrected chi connectivity index (χ1v) is 8.43. The average Bonchev–Trinajstić information content (AvgIpc) is 2.44. The quantitative estimate of drug-likeness (QED) is 0.621. The second kappa shape index (κ2) is 7.82. The number of nitrogens with one attached hydrogen (secondary N) is 1. The molecular formula is C16H24N2O2S. The van der Waals surface area contributed by atoms with Crippen LogP contribution in [0.5, 0.6) is 0 Å². The van der Waals surface area contributed by atoms with E-state index in [0.717, 1.165) is 25.1 Å². The molecule has 1 amide bonds. The van der Waals surface area contributed by atoms with Crippen LogP contribution < -0.4 is 5.32 Å². The predicted molar refractivity (Wildman–Crippen MR) is 86.5 cm³/mol. The minimum atomic E-state index is -0.651. The molecule has 0 spiro atoms. The fourth-order valence-corrected chi connectivity index (χ4v) is 3.38. The van der Waals surface area contributed by atoms with Crippen molar-refractivity contribution < 1.29 is 9.90 Å². The standard InChI is InChI=1S/C16H24N2O2S/c1-16(20)8-5-10-18(13-16)12-15(19)17-9-11-21-14-6-3-2-4-7-14/h2-4,6-7,20H,5,8-13H2,1H3,(H,17,19). The van der Waals surface area contributed by atoms with E-state index >= 15 is 0 Å². The van der Waals surface area contributed by atoms with Crippen LogP contribution in [-0.2, 0) is 4.79 Å². The number of β-amino-alcohol motifs (C(OH)–C–C–N with tert-alkyl or cyclic N) is 1. The van der Waals surface area contributed by atoms with Crippen LogP contribution in [0.2, 0.25) is 0 Å². The summed E-state index contributed by atoms with van der Waals surface area (Å²) in [6.07, 6.45) is 1.77. The Hall–Kier alpha value is -1.04. The van der Waals surface area contributed by atoms with Crippen LogP contribution in [0.1, 0.15) is 19.8 Å². The molecule has 0 bridgehead atoms. The van der Waals surface area contributed by atoms with Gasteiger partial charge in [0.25, 0.3) is 0 Å². The first-order valence-electron chi connectivity index (χ1n) is 7.44. The van der Waals surface area contributed by atoms with Crippen molar-refractivity contribution in [3.63, 3.8) is 0 Å². The molecule has 0 radical (unpaired) electrons. The van der Waals surface area contributed by atoms with Crippen LogP contribution in [0.3, 0.4) is 0 Å². The van der Waals surface area contributed by atoms with Crippen molar-refractivity contribution in [3.05, 3.63) is 30.3 Å². The molecule has 1 aliphatic heterocycles. The molecule has 1 saturated heterocycles. The number of carbonyl (C=O) groups excluding carboxylic acids is 1. The Labute approximate surface area is 130 Å². The van der Waals surface area contributed by atoms with Gasteiger partial charge in [-0.1, -0.05) is 18.2 Å². The zero-order valence-electron chi connectivity index (χ0n) is 12.5. The highest BCUT2D eigenvalue weighted by atomic mass is 32.2. The molecule has 1 aromatic carbocycles. The molecule has 0 aromatic heterocycles. The van der Waals surface area contributed by atoms with Crippen molar-refractivity contribution in [2.75, 3.05) is 31.9 Å². The fourth-order valence-electron chi connectivity index (χ4n) is 2.59. The van der Waals surface area contributed by atoms with Gasteiger partial charge in [0.1, 0.15) is 0 Å². The largest absolute Gasteiger partial charge is 0.389 e. The van der Waals surface area contributed by atoms with Gasteiger partial charge in [0.05, 0.1) is 12.1 Å². The van der Waals surface area contributed by atoms with Gasteiger partial charge in [0, 0.05) is 23.7 Å². The summed E-state index contributed by atoms with van der Waals surface area (Å²) in [5.74, 6) is 0.911. The summed E-state index contributed by atoms with van der Waals surface area (Å²) in [7, 11) is 0. The first-order chi connectivity index (χ1) is 10.1. The van der Waals surface area contributed by atoms with Crippen molar-refractivity contribution in [1.82, 2.24) is 10.2 Å². The molecule has 1 aliphatic rings. The minimum Gasteiger partial charge on any atom is -0.389 e. The molecule has 0 saturated carbocycles. The lowest BCUT2D eigenvalue weighted by Gasteiger charge is -2.36. The molecule has 2 N–H and O–H groups in total. The summed E-state index contributed by atoms with van der Waals surface area (Å²) in [4.78, 5) is 15.1. The number of hydrogen-bond donors (Lipinski definition) is 2. The molecule has 1 unspecified atom stereocenters. The maximum atomic E-state index is 11.9. The molecule has 5 heteroatoms. The Balaban J connectivity index is 1.61.